The van der Waals surface area contributed by atoms with Gasteiger partial charge >= 0.3 is 227 Å². The SMILES string of the molecule is CC1(CC(=O)O)C2=C3C=C4C=C(S(=O)(=O)[O-])C(=O)C(S(=O)(=O)[O-])=C4OC3CCN2c2ccc3c[c-]ccc3c21.CC1(CC(=O)O)C2=C3C=C4C=C(S(=O)(=O)[O-])C(=O)C=C4OC3CCN2c2ccc3c[c-]ccc3c21.CCOC(=O)CC1(C)C2=C3C=C4C=CC(=O)C=C4OC3CCN2c2ccc3c[c-]ccc3c21.O=S(=O)=O.O=S(=O)=O.O=S(=O)=O.[Na+].[Na+].[Na+].[Na+].[Na+].[Na+]. The number of Topliss-reactive ketones (excluding diaryl/α,β-unsaturated/α-hetero) is 1. The molecule has 2 N–H and O–H groups in total. The Hall–Kier alpha value is -6.21. The van der Waals surface area contributed by atoms with Gasteiger partial charge in [0.15, 0.2) is 11.6 Å². The van der Waals surface area contributed by atoms with E-state index in [1.807, 2.05) is 79.4 Å². The Morgan fingerprint density at radius 1 is 0.472 bits per heavy atom. The Morgan fingerprint density at radius 2 is 0.824 bits per heavy atom. The summed E-state index contributed by atoms with van der Waals surface area (Å²) in [5, 5.41) is 25.6. The Kier molecular flexibility index (Phi) is 35.1. The molecule has 9 heterocycles. The van der Waals surface area contributed by atoms with Crippen LogP contribution < -0.4 is 192 Å². The van der Waals surface area contributed by atoms with Crippen molar-refractivity contribution < 1.29 is 312 Å². The van der Waals surface area contributed by atoms with Crippen molar-refractivity contribution in [3.8, 4) is 0 Å². The number of hydrogen-bond donors (Lipinski definition) is 2. The number of esters is 1. The monoisotopic (exact) mass is 1870 g/mol. The fourth-order valence-electron chi connectivity index (χ4n) is 17.8. The molecule has 18 rings (SSSR count). The van der Waals surface area contributed by atoms with E-state index in [0.717, 1.165) is 114 Å². The van der Waals surface area contributed by atoms with Crippen molar-refractivity contribution in [2.75, 3.05) is 40.9 Å². The minimum absolute atomic E-state index is 0. The van der Waals surface area contributed by atoms with Gasteiger partial charge in [0.05, 0.1) is 25.9 Å². The molecule has 0 amide bonds. The maximum absolute atomic E-state index is 12.9. The predicted octanol–water partition coefficient (Wildman–Crippen LogP) is -11.3. The van der Waals surface area contributed by atoms with Crippen LogP contribution >= 0.6 is 0 Å². The molecule has 6 aromatic carbocycles. The zero-order valence-electron chi connectivity index (χ0n) is 68.3. The van der Waals surface area contributed by atoms with Crippen LogP contribution in [-0.2, 0) is 126 Å². The fourth-order valence-corrected chi connectivity index (χ4v) is 19.8. The average molecular weight is 1870 g/mol. The number of carboxylic acids is 2. The van der Waals surface area contributed by atoms with Crippen LogP contribution in [0.3, 0.4) is 0 Å². The van der Waals surface area contributed by atoms with Crippen LogP contribution in [0.15, 0.2) is 228 Å². The summed E-state index contributed by atoms with van der Waals surface area (Å²) in [6.45, 7) is 9.71. The maximum Gasteiger partial charge on any atom is 1.00 e. The second kappa shape index (κ2) is 41.5. The van der Waals surface area contributed by atoms with Gasteiger partial charge in [0.25, 0.3) is 0 Å². The van der Waals surface area contributed by atoms with Crippen LogP contribution in [0, 0.1) is 18.2 Å². The summed E-state index contributed by atoms with van der Waals surface area (Å²) in [5.41, 5.74) is 8.64. The minimum Gasteiger partial charge on any atom is -0.744 e. The van der Waals surface area contributed by atoms with Crippen LogP contribution in [0.5, 0.6) is 0 Å². The number of aliphatic carboxylic acids is 2. The number of carboxylic acid groups (broad SMARTS) is 2. The molecular formula is C80H61N3Na6O30S6. The molecule has 0 saturated carbocycles. The molecule has 45 heteroatoms. The molecule has 6 unspecified atom stereocenters. The topological polar surface area (TPSA) is 515 Å². The van der Waals surface area contributed by atoms with E-state index < -0.39 is 135 Å². The smallest absolute Gasteiger partial charge is 0.744 e. The average Bonchev–Trinajstić information content (AvgIpc) is 1.58. The summed E-state index contributed by atoms with van der Waals surface area (Å²) >= 11 is 0. The van der Waals surface area contributed by atoms with Crippen LogP contribution in [0.1, 0.15) is 82.9 Å². The van der Waals surface area contributed by atoms with Gasteiger partial charge in [-0.3, -0.25) is 28.8 Å². The van der Waals surface area contributed by atoms with Gasteiger partial charge in [-0.15, -0.1) is 88.4 Å². The molecule has 0 aromatic heterocycles. The number of ketones is 3. The number of carbonyl (C=O) groups is 6. The normalized spacial score (nSPS) is 21.8. The molecule has 0 bridgehead atoms. The number of anilines is 3. The van der Waals surface area contributed by atoms with E-state index in [9.17, 15) is 77.9 Å². The van der Waals surface area contributed by atoms with Gasteiger partial charge in [-0.25, -0.2) is 25.3 Å². The van der Waals surface area contributed by atoms with Crippen molar-refractivity contribution in [1.29, 1.82) is 0 Å². The first kappa shape index (κ1) is 106. The first-order valence-electron chi connectivity index (χ1n) is 35.7. The third-order valence-electron chi connectivity index (χ3n) is 21.7. The second-order valence-electron chi connectivity index (χ2n) is 28.9. The number of nitrogens with zero attached hydrogens (tertiary/aromatic N) is 3. The van der Waals surface area contributed by atoms with E-state index in [1.54, 1.807) is 43.4 Å². The molecular weight excluding hydrogens is 1810 g/mol. The van der Waals surface area contributed by atoms with Gasteiger partial charge in [-0.1, -0.05) is 0 Å². The number of fused-ring (bicyclic) bond motifs is 21. The molecule has 0 spiro atoms. The van der Waals surface area contributed by atoms with Crippen molar-refractivity contribution in [1.82, 2.24) is 0 Å². The summed E-state index contributed by atoms with van der Waals surface area (Å²) in [6, 6.07) is 38.3. The van der Waals surface area contributed by atoms with E-state index in [0.29, 0.717) is 60.4 Å². The van der Waals surface area contributed by atoms with E-state index in [-0.39, 0.29) is 232 Å². The largest absolute Gasteiger partial charge is 1.00 e. The van der Waals surface area contributed by atoms with Crippen LogP contribution in [0.2, 0.25) is 0 Å². The van der Waals surface area contributed by atoms with Crippen molar-refractivity contribution in [2.45, 2.75) is 101 Å². The summed E-state index contributed by atoms with van der Waals surface area (Å²) < 4.78 is 206. The summed E-state index contributed by atoms with van der Waals surface area (Å²) in [7, 11) is -25.3. The zero-order chi connectivity index (χ0) is 86.2. The molecule has 125 heavy (non-hydrogen) atoms. The Balaban J connectivity index is 0.000000236. The number of ether oxygens (including phenoxy) is 4. The first-order chi connectivity index (χ1) is 56.0. The molecule has 6 aromatic rings. The molecule has 0 saturated heterocycles. The first-order valence-corrected chi connectivity index (χ1v) is 42.9. The minimum atomic E-state index is -5.54. The number of hydrogen-bond acceptors (Lipinski definition) is 31. The van der Waals surface area contributed by atoms with Gasteiger partial charge in [-0.2, -0.15) is 72.8 Å². The molecule has 0 fully saturated rings. The van der Waals surface area contributed by atoms with E-state index in [2.05, 4.69) is 59.2 Å². The second-order valence-corrected chi connectivity index (χ2v) is 34.1. The van der Waals surface area contributed by atoms with Crippen molar-refractivity contribution >= 4 is 147 Å². The Labute approximate surface area is 852 Å². The molecule has 33 nitrogen and oxygen atoms in total. The van der Waals surface area contributed by atoms with Crippen molar-refractivity contribution in [3.05, 3.63) is 263 Å². The van der Waals surface area contributed by atoms with Crippen LogP contribution in [-0.4, -0.2) is 167 Å². The molecule has 0 radical (unpaired) electrons. The fraction of sp³-hybridized carbons (Fsp3) is 0.250. The van der Waals surface area contributed by atoms with Crippen molar-refractivity contribution in [2.24, 2.45) is 0 Å². The van der Waals surface area contributed by atoms with Crippen LogP contribution in [0.25, 0.3) is 32.3 Å². The van der Waals surface area contributed by atoms with Gasteiger partial charge in [-0.05, 0) is 105 Å². The molecule has 618 valence electrons. The number of allylic oxidation sites excluding steroid dienone is 12. The molecule has 6 atom stereocenters. The Morgan fingerprint density at radius 3 is 1.19 bits per heavy atom. The summed E-state index contributed by atoms with van der Waals surface area (Å²) in [4.78, 5) is 76.6. The third kappa shape index (κ3) is 21.1. The maximum atomic E-state index is 12.9. The molecule has 3 aliphatic carbocycles. The standard InChI is InChI=1S/C28H24NO4.C26H20NO10S2.C26H20NO7S.6Na.3O3S/c1-3-32-25(31)16-28(2)26-20-7-5-4-6-17(20)9-11-22(26)29-13-12-23-21(27(28)29)14-18-8-10-19(30)15-24(18)33-23;1-26(12-20(28)29)21-15-5-3-2-4-13(15)6-7-17(21)27-9-8-18-16(25(26)27)10-14-11-19(38(31,32)33)22(30)24(23(14)37-18)39(34,35)36;1-26(13-23(29)30)24-16-5-3-2-4-14(16)6-7-18(24)27-9-8-20-17(25(26)27)10-15-11-22(35(31,32)33)19(28)12-21(15)34-20;;;;;;;3*1-4(2)3/h5-11,14-15,23H,3,12-13,16H2,1-2H3;3-7,10-11,18H,8-9,12H2,1H3,(H,28,29)(H,31,32,33)(H,34,35,36);3-7,10-12,20H,8-9,13H2,1H3,(H,29,30)(H,31,32,33);;;;;;;;;/q3*-1;6*+1;;;/p-3. The van der Waals surface area contributed by atoms with Gasteiger partial charge in [0.2, 0.25) is 5.78 Å². The van der Waals surface area contributed by atoms with E-state index in [1.165, 1.54) is 6.08 Å². The van der Waals surface area contributed by atoms with E-state index in [4.69, 9.17) is 56.8 Å². The van der Waals surface area contributed by atoms with E-state index >= 15 is 0 Å². The zero-order valence-corrected chi connectivity index (χ0v) is 85.2. The quantitative estimate of drug-likeness (QED) is 0.0556. The van der Waals surface area contributed by atoms with Gasteiger partial charge in [0.1, 0.15) is 80.7 Å². The molecule has 9 aliphatic heterocycles. The van der Waals surface area contributed by atoms with Gasteiger partial charge in [0, 0.05) is 135 Å². The molecule has 12 aliphatic rings. The number of benzene rings is 6. The predicted molar refractivity (Wildman–Crippen MR) is 414 cm³/mol. The summed E-state index contributed by atoms with van der Waals surface area (Å²) in [5.74, 6) is -4.73. The summed E-state index contributed by atoms with van der Waals surface area (Å²) in [6.07, 6.45) is 12.9. The number of rotatable bonds is 10. The van der Waals surface area contributed by atoms with Crippen LogP contribution in [0.4, 0.5) is 17.1 Å². The van der Waals surface area contributed by atoms with Crippen molar-refractivity contribution in [3.63, 3.8) is 0 Å². The van der Waals surface area contributed by atoms with Gasteiger partial charge < -0.3 is 57.5 Å². The Bertz CT molecular complexity index is 6720. The third-order valence-corrected chi connectivity index (χ3v) is 24.3. The number of carbonyl (C=O) groups excluding carboxylic acids is 4.